The van der Waals surface area contributed by atoms with Crippen molar-refractivity contribution in [3.8, 4) is 5.75 Å². The van der Waals surface area contributed by atoms with Crippen LogP contribution in [-0.2, 0) is 20.8 Å². The minimum atomic E-state index is -0.965. The summed E-state index contributed by atoms with van der Waals surface area (Å²) in [5.74, 6) is 1.40. The van der Waals surface area contributed by atoms with Crippen molar-refractivity contribution in [2.75, 3.05) is 7.11 Å². The van der Waals surface area contributed by atoms with Gasteiger partial charge in [0.05, 0.1) is 30.7 Å². The number of para-hydroxylation sites is 1. The average Bonchev–Trinajstić information content (AvgIpc) is 3.43. The summed E-state index contributed by atoms with van der Waals surface area (Å²) in [6, 6.07) is 16.8. The summed E-state index contributed by atoms with van der Waals surface area (Å²) in [5, 5.41) is 2.73. The number of aryl methyl sites for hydroxylation is 2. The maximum Gasteiger partial charge on any atom is 0.240 e. The van der Waals surface area contributed by atoms with Gasteiger partial charge in [0.15, 0.2) is 11.6 Å². The molecule has 46 heavy (non-hydrogen) atoms. The van der Waals surface area contributed by atoms with Crippen LogP contribution in [0, 0.1) is 12.8 Å². The summed E-state index contributed by atoms with van der Waals surface area (Å²) in [5.41, 5.74) is 7.73. The van der Waals surface area contributed by atoms with E-state index in [1.165, 1.54) is 38.2 Å². The number of imidazole rings is 1. The molecule has 1 heterocycles. The fourth-order valence-corrected chi connectivity index (χ4v) is 5.07. The first kappa shape index (κ1) is 40.2. The van der Waals surface area contributed by atoms with Crippen molar-refractivity contribution < 1.29 is 19.1 Å². The van der Waals surface area contributed by atoms with Crippen LogP contribution in [-0.4, -0.2) is 45.7 Å². The molecule has 254 valence electrons. The standard InChI is InChI=1S/C16H24N2O2.C14H16N2O2.C8H18/c1-12(19)14(18-15(20)16(2,3)17)11-7-10-13-8-5-4-6-9-13;1-10-8-16(9-15-10)14(11(2)17)12-6-4-5-7-13(12)18-3;1-4-6-8(3)7-5-2/h4-6,8-9,14H,7,10-11,17H2,1-3H3,(H,18,20);4-9,14H,1-3H3;8H,4-7H2,1-3H3. The Bertz CT molecular complexity index is 1310. The SMILES string of the molecule is CC(=O)C(CCCc1ccccc1)NC(=O)C(C)(C)N.CCCC(C)CCC.COc1ccccc1C(C(C)=O)n1cnc(C)c1. The Morgan fingerprint density at radius 3 is 2.00 bits per heavy atom. The Labute approximate surface area is 277 Å². The Morgan fingerprint density at radius 2 is 1.52 bits per heavy atom. The van der Waals surface area contributed by atoms with E-state index in [4.69, 9.17) is 10.5 Å². The van der Waals surface area contributed by atoms with Crippen molar-refractivity contribution in [3.05, 3.63) is 83.9 Å². The molecule has 0 fully saturated rings. The van der Waals surface area contributed by atoms with E-state index < -0.39 is 11.6 Å². The number of ketones is 2. The maximum absolute atomic E-state index is 11.9. The predicted molar refractivity (Wildman–Crippen MR) is 188 cm³/mol. The van der Waals surface area contributed by atoms with E-state index in [2.05, 4.69) is 43.2 Å². The summed E-state index contributed by atoms with van der Waals surface area (Å²) < 4.78 is 7.13. The lowest BCUT2D eigenvalue weighted by Gasteiger charge is -2.22. The first-order valence-corrected chi connectivity index (χ1v) is 16.5. The van der Waals surface area contributed by atoms with Crippen molar-refractivity contribution >= 4 is 17.5 Å². The number of aromatic nitrogens is 2. The van der Waals surface area contributed by atoms with Gasteiger partial charge < -0.3 is 20.4 Å². The molecular weight excluding hydrogens is 576 g/mol. The smallest absolute Gasteiger partial charge is 0.240 e. The van der Waals surface area contributed by atoms with Crippen LogP contribution in [0.2, 0.25) is 0 Å². The van der Waals surface area contributed by atoms with Gasteiger partial charge in [-0.25, -0.2) is 4.98 Å². The number of hydrogen-bond acceptors (Lipinski definition) is 6. The average molecular weight is 635 g/mol. The normalized spacial score (nSPS) is 12.2. The predicted octanol–water partition coefficient (Wildman–Crippen LogP) is 7.42. The number of ether oxygens (including phenoxy) is 1. The Hall–Kier alpha value is -3.78. The van der Waals surface area contributed by atoms with E-state index >= 15 is 0 Å². The lowest BCUT2D eigenvalue weighted by Crippen LogP contribution is -2.53. The van der Waals surface area contributed by atoms with Gasteiger partial charge in [-0.2, -0.15) is 0 Å². The minimum Gasteiger partial charge on any atom is -0.496 e. The molecule has 0 radical (unpaired) electrons. The quantitative estimate of drug-likeness (QED) is 0.180. The van der Waals surface area contributed by atoms with Gasteiger partial charge in [-0.05, 0) is 71.4 Å². The van der Waals surface area contributed by atoms with Gasteiger partial charge in [0.2, 0.25) is 5.91 Å². The fourth-order valence-electron chi connectivity index (χ4n) is 5.07. The van der Waals surface area contributed by atoms with E-state index in [1.54, 1.807) is 34.2 Å². The second-order valence-electron chi connectivity index (χ2n) is 12.6. The van der Waals surface area contributed by atoms with Gasteiger partial charge in [-0.3, -0.25) is 14.4 Å². The zero-order valence-corrected chi connectivity index (χ0v) is 29.6. The summed E-state index contributed by atoms with van der Waals surface area (Å²) in [4.78, 5) is 39.5. The van der Waals surface area contributed by atoms with E-state index in [0.717, 1.165) is 30.0 Å². The Morgan fingerprint density at radius 1 is 0.935 bits per heavy atom. The molecule has 1 amide bonds. The third-order valence-electron chi connectivity index (χ3n) is 7.59. The fraction of sp³-hybridized carbons (Fsp3) is 0.526. The first-order valence-electron chi connectivity index (χ1n) is 16.5. The number of hydrogen-bond donors (Lipinski definition) is 2. The third kappa shape index (κ3) is 15.0. The largest absolute Gasteiger partial charge is 0.496 e. The van der Waals surface area contributed by atoms with Crippen LogP contribution in [0.25, 0.3) is 0 Å². The van der Waals surface area contributed by atoms with Gasteiger partial charge in [0.1, 0.15) is 11.8 Å². The first-order chi connectivity index (χ1) is 21.7. The zero-order valence-electron chi connectivity index (χ0n) is 29.6. The lowest BCUT2D eigenvalue weighted by molar-refractivity contribution is -0.129. The van der Waals surface area contributed by atoms with Crippen LogP contribution >= 0.6 is 0 Å². The second-order valence-corrected chi connectivity index (χ2v) is 12.6. The van der Waals surface area contributed by atoms with Gasteiger partial charge >= 0.3 is 0 Å². The van der Waals surface area contributed by atoms with Crippen LogP contribution in [0.1, 0.15) is 110 Å². The lowest BCUT2D eigenvalue weighted by atomic mass is 10.0. The number of Topliss-reactive ketones (excluding diaryl/α,β-unsaturated/α-hetero) is 2. The van der Waals surface area contributed by atoms with Crippen LogP contribution in [0.15, 0.2) is 67.1 Å². The number of amides is 1. The van der Waals surface area contributed by atoms with Crippen molar-refractivity contribution in [1.29, 1.82) is 0 Å². The van der Waals surface area contributed by atoms with Crippen molar-refractivity contribution in [3.63, 3.8) is 0 Å². The molecule has 1 aromatic heterocycles. The summed E-state index contributed by atoms with van der Waals surface area (Å²) >= 11 is 0. The highest BCUT2D eigenvalue weighted by Crippen LogP contribution is 2.28. The zero-order chi connectivity index (χ0) is 34.7. The monoisotopic (exact) mass is 634 g/mol. The molecule has 2 atom stereocenters. The molecule has 0 aliphatic rings. The molecule has 8 nitrogen and oxygen atoms in total. The molecule has 0 saturated carbocycles. The van der Waals surface area contributed by atoms with Crippen molar-refractivity contribution in [2.45, 2.75) is 118 Å². The topological polar surface area (TPSA) is 116 Å². The minimum absolute atomic E-state index is 0.0318. The van der Waals surface area contributed by atoms with Gasteiger partial charge in [-0.1, -0.05) is 95.0 Å². The van der Waals surface area contributed by atoms with Crippen LogP contribution in [0.4, 0.5) is 0 Å². The molecule has 0 aliphatic carbocycles. The third-order valence-corrected chi connectivity index (χ3v) is 7.59. The molecule has 0 spiro atoms. The Kier molecular flexibility index (Phi) is 18.5. The molecule has 3 aromatic rings. The summed E-state index contributed by atoms with van der Waals surface area (Å²) in [6.07, 6.45) is 11.4. The molecule has 2 unspecified atom stereocenters. The molecule has 0 saturated heterocycles. The number of nitrogens with one attached hydrogen (secondary N) is 1. The van der Waals surface area contributed by atoms with Crippen molar-refractivity contribution in [1.82, 2.24) is 14.9 Å². The number of carbonyl (C=O) groups excluding carboxylic acids is 3. The molecular formula is C38H58N4O4. The van der Waals surface area contributed by atoms with Crippen molar-refractivity contribution in [2.24, 2.45) is 11.7 Å². The van der Waals surface area contributed by atoms with Crippen LogP contribution in [0.5, 0.6) is 5.75 Å². The Balaban J connectivity index is 0.000000375. The second kappa shape index (κ2) is 21.1. The number of nitrogens with two attached hydrogens (primary N) is 1. The van der Waals surface area contributed by atoms with Gasteiger partial charge in [0.25, 0.3) is 0 Å². The maximum atomic E-state index is 11.9. The number of methoxy groups -OCH3 is 1. The number of carbonyl (C=O) groups is 3. The molecule has 3 N–H and O–H groups in total. The highest BCUT2D eigenvalue weighted by molar-refractivity contribution is 5.91. The number of nitrogens with zero attached hydrogens (tertiary/aromatic N) is 2. The molecule has 0 aliphatic heterocycles. The summed E-state index contributed by atoms with van der Waals surface area (Å²) in [6.45, 7) is 15.1. The van der Waals surface area contributed by atoms with E-state index in [1.807, 2.05) is 60.2 Å². The van der Waals surface area contributed by atoms with E-state index in [-0.39, 0.29) is 23.5 Å². The highest BCUT2D eigenvalue weighted by Gasteiger charge is 2.26. The van der Waals surface area contributed by atoms with E-state index in [0.29, 0.717) is 12.2 Å². The van der Waals surface area contributed by atoms with E-state index in [9.17, 15) is 14.4 Å². The van der Waals surface area contributed by atoms with Gasteiger partial charge in [0, 0.05) is 11.8 Å². The molecule has 0 bridgehead atoms. The highest BCUT2D eigenvalue weighted by atomic mass is 16.5. The molecule has 8 heteroatoms. The number of benzene rings is 2. The van der Waals surface area contributed by atoms with Gasteiger partial charge in [-0.15, -0.1) is 0 Å². The summed E-state index contributed by atoms with van der Waals surface area (Å²) in [7, 11) is 1.61. The number of rotatable bonds is 15. The molecule has 2 aromatic carbocycles. The van der Waals surface area contributed by atoms with Crippen LogP contribution in [0.3, 0.4) is 0 Å². The van der Waals surface area contributed by atoms with Crippen LogP contribution < -0.4 is 15.8 Å². The molecule has 3 rings (SSSR count).